The van der Waals surface area contributed by atoms with E-state index in [-0.39, 0.29) is 17.9 Å². The van der Waals surface area contributed by atoms with Gasteiger partial charge in [0, 0.05) is 6.04 Å². The number of hydrogen-bond donors (Lipinski definition) is 1. The normalized spacial score (nSPS) is 26.9. The molecule has 20 heavy (non-hydrogen) atoms. The molecular weight excluding hydrogens is 252 g/mol. The molecule has 0 bridgehead atoms. The van der Waals surface area contributed by atoms with E-state index in [1.165, 1.54) is 0 Å². The monoisotopic (exact) mass is 274 g/mol. The predicted molar refractivity (Wildman–Crippen MR) is 78.0 cm³/mol. The lowest BCUT2D eigenvalue weighted by molar-refractivity contribution is -0.160. The number of nitrogens with zero attached hydrogens (tertiary/aromatic N) is 1. The Morgan fingerprint density at radius 3 is 2.35 bits per heavy atom. The zero-order chi connectivity index (χ0) is 14.9. The first kappa shape index (κ1) is 14.6. The van der Waals surface area contributed by atoms with E-state index in [9.17, 15) is 9.59 Å². The molecule has 0 aliphatic carbocycles. The van der Waals surface area contributed by atoms with Crippen LogP contribution >= 0.6 is 0 Å². The Labute approximate surface area is 120 Å². The number of nitrogens with one attached hydrogen (secondary N) is 1. The summed E-state index contributed by atoms with van der Waals surface area (Å²) in [4.78, 5) is 27.0. The summed E-state index contributed by atoms with van der Waals surface area (Å²) in [6, 6.07) is 9.04. The van der Waals surface area contributed by atoms with Crippen LogP contribution in [0.5, 0.6) is 0 Å². The van der Waals surface area contributed by atoms with Crippen LogP contribution in [0, 0.1) is 0 Å². The minimum atomic E-state index is -0.946. The van der Waals surface area contributed by atoms with Gasteiger partial charge in [-0.05, 0) is 32.8 Å². The molecule has 1 aromatic rings. The third-order valence-corrected chi connectivity index (χ3v) is 4.03. The van der Waals surface area contributed by atoms with Gasteiger partial charge in [-0.1, -0.05) is 37.3 Å². The van der Waals surface area contributed by atoms with Gasteiger partial charge in [-0.25, -0.2) is 0 Å². The number of piperazine rings is 1. The Kier molecular flexibility index (Phi) is 3.84. The van der Waals surface area contributed by atoms with Gasteiger partial charge in [0.2, 0.25) is 5.91 Å². The average molecular weight is 274 g/mol. The van der Waals surface area contributed by atoms with Crippen LogP contribution in [-0.2, 0) is 15.1 Å². The fraction of sp³-hybridized carbons (Fsp3) is 0.500. The summed E-state index contributed by atoms with van der Waals surface area (Å²) in [5.74, 6) is -0.114. The molecule has 1 heterocycles. The van der Waals surface area contributed by atoms with Gasteiger partial charge in [-0.2, -0.15) is 0 Å². The van der Waals surface area contributed by atoms with Gasteiger partial charge < -0.3 is 10.2 Å². The second-order valence-electron chi connectivity index (χ2n) is 5.67. The van der Waals surface area contributed by atoms with E-state index in [4.69, 9.17) is 0 Å². The Balaban J connectivity index is 2.54. The number of benzene rings is 1. The van der Waals surface area contributed by atoms with Gasteiger partial charge >= 0.3 is 0 Å². The van der Waals surface area contributed by atoms with Crippen LogP contribution < -0.4 is 5.32 Å². The molecule has 4 heteroatoms. The van der Waals surface area contributed by atoms with E-state index in [0.717, 1.165) is 5.56 Å². The van der Waals surface area contributed by atoms with Crippen molar-refractivity contribution in [2.75, 3.05) is 0 Å². The Morgan fingerprint density at radius 2 is 1.85 bits per heavy atom. The second kappa shape index (κ2) is 5.27. The van der Waals surface area contributed by atoms with E-state index in [2.05, 4.69) is 5.32 Å². The molecule has 1 aliphatic rings. The van der Waals surface area contributed by atoms with Crippen molar-refractivity contribution in [1.29, 1.82) is 0 Å². The highest BCUT2D eigenvalue weighted by atomic mass is 16.2. The molecular formula is C16H22N2O2. The largest absolute Gasteiger partial charge is 0.342 e. The van der Waals surface area contributed by atoms with Gasteiger partial charge in [0.25, 0.3) is 5.91 Å². The molecule has 2 atom stereocenters. The molecule has 1 aliphatic heterocycles. The van der Waals surface area contributed by atoms with Crippen LogP contribution in [0.2, 0.25) is 0 Å². The molecule has 1 fully saturated rings. The van der Waals surface area contributed by atoms with E-state index >= 15 is 0 Å². The van der Waals surface area contributed by atoms with Crippen LogP contribution in [0.1, 0.15) is 39.7 Å². The molecule has 0 aromatic heterocycles. The van der Waals surface area contributed by atoms with Crippen molar-refractivity contribution < 1.29 is 9.59 Å². The van der Waals surface area contributed by atoms with Gasteiger partial charge in [-0.3, -0.25) is 9.59 Å². The lowest BCUT2D eigenvalue weighted by atomic mass is 9.84. The van der Waals surface area contributed by atoms with Crippen molar-refractivity contribution >= 4 is 11.8 Å². The number of hydrogen-bond acceptors (Lipinski definition) is 2. The predicted octanol–water partition coefficient (Wildman–Crippen LogP) is 2.05. The summed E-state index contributed by atoms with van der Waals surface area (Å²) in [5, 5.41) is 2.86. The topological polar surface area (TPSA) is 49.4 Å². The van der Waals surface area contributed by atoms with Crippen LogP contribution in [0.25, 0.3) is 0 Å². The summed E-state index contributed by atoms with van der Waals surface area (Å²) in [7, 11) is 0. The fourth-order valence-corrected chi connectivity index (χ4v) is 2.94. The minimum Gasteiger partial charge on any atom is -0.342 e. The molecule has 1 saturated heterocycles. The molecule has 0 spiro atoms. The summed E-state index contributed by atoms with van der Waals surface area (Å²) in [6.45, 7) is 7.63. The molecule has 2 amide bonds. The van der Waals surface area contributed by atoms with Gasteiger partial charge in [0.1, 0.15) is 11.6 Å². The Morgan fingerprint density at radius 1 is 1.25 bits per heavy atom. The Hall–Kier alpha value is -1.84. The van der Waals surface area contributed by atoms with Crippen LogP contribution in [0.3, 0.4) is 0 Å². The third-order valence-electron chi connectivity index (χ3n) is 4.03. The highest BCUT2D eigenvalue weighted by Crippen LogP contribution is 2.34. The Bertz CT molecular complexity index is 512. The van der Waals surface area contributed by atoms with E-state index < -0.39 is 11.6 Å². The van der Waals surface area contributed by atoms with Gasteiger partial charge in [-0.15, -0.1) is 0 Å². The molecule has 1 N–H and O–H groups in total. The van der Waals surface area contributed by atoms with E-state index in [0.29, 0.717) is 6.42 Å². The van der Waals surface area contributed by atoms with Crippen molar-refractivity contribution in [3.05, 3.63) is 35.9 Å². The molecule has 2 rings (SSSR count). The first-order valence-electron chi connectivity index (χ1n) is 7.12. The molecule has 1 aromatic carbocycles. The SMILES string of the molecule is CCC1NC(=O)C(C)(c2ccccc2)N(C(C)C)C1=O. The minimum absolute atomic E-state index is 0.00606. The average Bonchev–Trinajstić information content (AvgIpc) is 2.43. The summed E-state index contributed by atoms with van der Waals surface area (Å²) >= 11 is 0. The second-order valence-corrected chi connectivity index (χ2v) is 5.67. The number of carbonyl (C=O) groups excluding carboxylic acids is 2. The molecule has 0 radical (unpaired) electrons. The molecule has 0 saturated carbocycles. The number of rotatable bonds is 3. The quantitative estimate of drug-likeness (QED) is 0.917. The summed E-state index contributed by atoms with van der Waals surface area (Å²) in [6.07, 6.45) is 0.610. The van der Waals surface area contributed by atoms with Crippen LogP contribution in [-0.4, -0.2) is 28.8 Å². The van der Waals surface area contributed by atoms with Crippen LogP contribution in [0.4, 0.5) is 0 Å². The lowest BCUT2D eigenvalue weighted by Crippen LogP contribution is -2.69. The van der Waals surface area contributed by atoms with Gasteiger partial charge in [0.05, 0.1) is 0 Å². The number of carbonyl (C=O) groups is 2. The summed E-state index contributed by atoms with van der Waals surface area (Å²) in [5.41, 5.74) is -0.104. The maximum atomic E-state index is 12.6. The van der Waals surface area contributed by atoms with E-state index in [1.807, 2.05) is 58.0 Å². The highest BCUT2D eigenvalue weighted by molar-refractivity contribution is 6.00. The molecule has 108 valence electrons. The fourth-order valence-electron chi connectivity index (χ4n) is 2.94. The summed E-state index contributed by atoms with van der Waals surface area (Å²) < 4.78 is 0. The maximum absolute atomic E-state index is 12.6. The zero-order valence-electron chi connectivity index (χ0n) is 12.5. The molecule has 4 nitrogen and oxygen atoms in total. The smallest absolute Gasteiger partial charge is 0.251 e. The van der Waals surface area contributed by atoms with Crippen molar-refractivity contribution in [2.45, 2.75) is 51.7 Å². The van der Waals surface area contributed by atoms with Crippen molar-refractivity contribution in [3.63, 3.8) is 0 Å². The van der Waals surface area contributed by atoms with Gasteiger partial charge in [0.15, 0.2) is 0 Å². The van der Waals surface area contributed by atoms with Crippen molar-refractivity contribution in [1.82, 2.24) is 10.2 Å². The standard InChI is InChI=1S/C16H22N2O2/c1-5-13-14(19)18(11(2)3)16(4,15(20)17-13)12-9-7-6-8-10-12/h6-11,13H,5H2,1-4H3,(H,17,20). The number of amides is 2. The first-order chi connectivity index (χ1) is 9.42. The van der Waals surface area contributed by atoms with Crippen LogP contribution in [0.15, 0.2) is 30.3 Å². The lowest BCUT2D eigenvalue weighted by Gasteiger charge is -2.48. The van der Waals surface area contributed by atoms with Crippen molar-refractivity contribution in [2.24, 2.45) is 0 Å². The first-order valence-corrected chi connectivity index (χ1v) is 7.12. The van der Waals surface area contributed by atoms with Crippen molar-refractivity contribution in [3.8, 4) is 0 Å². The third kappa shape index (κ3) is 2.09. The highest BCUT2D eigenvalue weighted by Gasteiger charge is 2.50. The van der Waals surface area contributed by atoms with E-state index in [1.54, 1.807) is 4.90 Å². The molecule has 2 unspecified atom stereocenters. The maximum Gasteiger partial charge on any atom is 0.251 e. The zero-order valence-corrected chi connectivity index (χ0v) is 12.5.